The first-order chi connectivity index (χ1) is 8.74. The van der Waals surface area contributed by atoms with Crippen molar-refractivity contribution < 1.29 is 14.0 Å². The lowest BCUT2D eigenvalue weighted by Crippen LogP contribution is -2.58. The summed E-state index contributed by atoms with van der Waals surface area (Å²) < 4.78 is 4.95. The summed E-state index contributed by atoms with van der Waals surface area (Å²) >= 11 is 0. The average molecular weight is 248 g/mol. The van der Waals surface area contributed by atoms with Crippen LogP contribution in [0.5, 0.6) is 0 Å². The normalized spacial score (nSPS) is 30.1. The molecule has 96 valence electrons. The molecule has 1 N–H and O–H groups in total. The largest absolute Gasteiger partial charge is 0.461 e. The van der Waals surface area contributed by atoms with Gasteiger partial charge in [-0.15, -0.1) is 0 Å². The number of piperidine rings is 3. The third-order valence-corrected chi connectivity index (χ3v) is 3.92. The molecular formula is C13H16N2O3. The molecule has 0 spiro atoms. The molecule has 0 radical (unpaired) electrons. The van der Waals surface area contributed by atoms with Gasteiger partial charge in [0.1, 0.15) is 0 Å². The van der Waals surface area contributed by atoms with E-state index in [2.05, 4.69) is 10.2 Å². The van der Waals surface area contributed by atoms with Gasteiger partial charge in [-0.2, -0.15) is 0 Å². The number of ketones is 1. The zero-order valence-electron chi connectivity index (χ0n) is 10.1. The minimum absolute atomic E-state index is 0.105. The predicted octanol–water partition coefficient (Wildman–Crippen LogP) is 0.673. The van der Waals surface area contributed by atoms with Crippen LogP contribution in [0.2, 0.25) is 0 Å². The van der Waals surface area contributed by atoms with E-state index in [-0.39, 0.29) is 11.8 Å². The average Bonchev–Trinajstić information content (AvgIpc) is 2.93. The third-order valence-electron chi connectivity index (χ3n) is 3.92. The second-order valence-corrected chi connectivity index (χ2v) is 5.02. The van der Waals surface area contributed by atoms with Gasteiger partial charge < -0.3 is 14.6 Å². The Labute approximate surface area is 105 Å². The number of rotatable bonds is 3. The van der Waals surface area contributed by atoms with Crippen LogP contribution in [0, 0.1) is 5.92 Å². The quantitative estimate of drug-likeness (QED) is 0.631. The van der Waals surface area contributed by atoms with Crippen molar-refractivity contribution in [3.63, 3.8) is 0 Å². The topological polar surface area (TPSA) is 62.6 Å². The molecule has 1 unspecified atom stereocenters. The lowest BCUT2D eigenvalue weighted by Gasteiger charge is -2.44. The highest BCUT2D eigenvalue weighted by Crippen LogP contribution is 2.27. The summed E-state index contributed by atoms with van der Waals surface area (Å²) in [7, 11) is 0. The smallest absolute Gasteiger partial charge is 0.296 e. The van der Waals surface area contributed by atoms with E-state index in [1.54, 1.807) is 6.07 Å². The predicted molar refractivity (Wildman–Crippen MR) is 64.1 cm³/mol. The molecule has 2 bridgehead atoms. The molecule has 4 rings (SSSR count). The number of carbonyl (C=O) groups is 2. The summed E-state index contributed by atoms with van der Waals surface area (Å²) in [6, 6.07) is 3.23. The first-order valence-corrected chi connectivity index (χ1v) is 6.35. The van der Waals surface area contributed by atoms with Gasteiger partial charge in [0, 0.05) is 12.6 Å². The molecule has 3 fully saturated rings. The molecule has 5 heteroatoms. The highest BCUT2D eigenvalue weighted by atomic mass is 16.3. The molecule has 1 atom stereocenters. The van der Waals surface area contributed by atoms with Gasteiger partial charge in [0.2, 0.25) is 0 Å². The molecule has 3 saturated heterocycles. The molecule has 3 aliphatic heterocycles. The third kappa shape index (κ3) is 2.06. The van der Waals surface area contributed by atoms with Gasteiger partial charge in [-0.25, -0.2) is 0 Å². The SMILES string of the molecule is O=C(NC1CN2CCC1CC2)C(=O)c1ccco1. The summed E-state index contributed by atoms with van der Waals surface area (Å²) in [5.74, 6) is -0.516. The van der Waals surface area contributed by atoms with Crippen molar-refractivity contribution in [2.24, 2.45) is 5.92 Å². The molecule has 0 saturated carbocycles. The Bertz CT molecular complexity index is 447. The molecule has 0 aliphatic carbocycles. The van der Waals surface area contributed by atoms with Crippen LogP contribution in [0.3, 0.4) is 0 Å². The molecular weight excluding hydrogens is 232 g/mol. The lowest BCUT2D eigenvalue weighted by atomic mass is 9.84. The van der Waals surface area contributed by atoms with E-state index >= 15 is 0 Å². The molecule has 3 aliphatic rings. The van der Waals surface area contributed by atoms with E-state index in [1.165, 1.54) is 12.3 Å². The van der Waals surface area contributed by atoms with E-state index in [0.717, 1.165) is 32.5 Å². The van der Waals surface area contributed by atoms with Gasteiger partial charge in [-0.05, 0) is 44.0 Å². The van der Waals surface area contributed by atoms with Crippen LogP contribution in [-0.2, 0) is 4.79 Å². The van der Waals surface area contributed by atoms with Gasteiger partial charge in [-0.1, -0.05) is 0 Å². The van der Waals surface area contributed by atoms with E-state index in [9.17, 15) is 9.59 Å². The number of furan rings is 1. The summed E-state index contributed by atoms with van der Waals surface area (Å²) in [4.78, 5) is 25.9. The zero-order valence-corrected chi connectivity index (χ0v) is 10.1. The number of carbonyl (C=O) groups excluding carboxylic acids is 2. The van der Waals surface area contributed by atoms with E-state index in [0.29, 0.717) is 5.92 Å². The second kappa shape index (κ2) is 4.57. The van der Waals surface area contributed by atoms with E-state index in [4.69, 9.17) is 4.42 Å². The molecule has 1 aromatic rings. The Balaban J connectivity index is 1.63. The molecule has 0 aromatic carbocycles. The Kier molecular flexibility index (Phi) is 2.91. The van der Waals surface area contributed by atoms with Crippen LogP contribution >= 0.6 is 0 Å². The van der Waals surface area contributed by atoms with Crippen molar-refractivity contribution >= 4 is 11.7 Å². The Morgan fingerprint density at radius 1 is 1.33 bits per heavy atom. The van der Waals surface area contributed by atoms with E-state index in [1.807, 2.05) is 0 Å². The van der Waals surface area contributed by atoms with Crippen molar-refractivity contribution in [3.05, 3.63) is 24.2 Å². The number of hydrogen-bond acceptors (Lipinski definition) is 4. The second-order valence-electron chi connectivity index (χ2n) is 5.02. The highest BCUT2D eigenvalue weighted by Gasteiger charge is 2.36. The molecule has 18 heavy (non-hydrogen) atoms. The molecule has 1 amide bonds. The van der Waals surface area contributed by atoms with Gasteiger partial charge in [0.25, 0.3) is 11.7 Å². The zero-order chi connectivity index (χ0) is 12.5. The maximum Gasteiger partial charge on any atom is 0.296 e. The summed E-state index contributed by atoms with van der Waals surface area (Å²) in [6.45, 7) is 3.09. The highest BCUT2D eigenvalue weighted by molar-refractivity contribution is 6.42. The van der Waals surface area contributed by atoms with Crippen molar-refractivity contribution in [2.45, 2.75) is 18.9 Å². The fourth-order valence-corrected chi connectivity index (χ4v) is 2.88. The van der Waals surface area contributed by atoms with Crippen molar-refractivity contribution in [2.75, 3.05) is 19.6 Å². The Morgan fingerprint density at radius 3 is 2.67 bits per heavy atom. The fraction of sp³-hybridized carbons (Fsp3) is 0.538. The van der Waals surface area contributed by atoms with Crippen LogP contribution in [-0.4, -0.2) is 42.3 Å². The number of hydrogen-bond donors (Lipinski definition) is 1. The number of Topliss-reactive ketones (excluding diaryl/α,β-unsaturated/α-hetero) is 1. The monoisotopic (exact) mass is 248 g/mol. The van der Waals surface area contributed by atoms with Crippen molar-refractivity contribution in [3.8, 4) is 0 Å². The standard InChI is InChI=1S/C13H16N2O3/c16-12(11-2-1-7-18-11)13(17)14-10-8-15-5-3-9(10)4-6-15/h1-2,7,9-10H,3-6,8H2,(H,14,17). The fourth-order valence-electron chi connectivity index (χ4n) is 2.88. The number of nitrogens with zero attached hydrogens (tertiary/aromatic N) is 1. The van der Waals surface area contributed by atoms with Gasteiger partial charge in [0.05, 0.1) is 6.26 Å². The maximum atomic E-state index is 11.8. The molecule has 1 aromatic heterocycles. The molecule has 4 heterocycles. The minimum Gasteiger partial charge on any atom is -0.461 e. The van der Waals surface area contributed by atoms with Crippen LogP contribution in [0.15, 0.2) is 22.8 Å². The van der Waals surface area contributed by atoms with Gasteiger partial charge >= 0.3 is 0 Å². The van der Waals surface area contributed by atoms with Crippen LogP contribution in [0.4, 0.5) is 0 Å². The van der Waals surface area contributed by atoms with Crippen LogP contribution in [0.25, 0.3) is 0 Å². The van der Waals surface area contributed by atoms with Crippen LogP contribution < -0.4 is 5.32 Å². The minimum atomic E-state index is -0.587. The summed E-state index contributed by atoms with van der Waals surface area (Å²) in [5, 5.41) is 2.85. The summed E-state index contributed by atoms with van der Waals surface area (Å²) in [5.41, 5.74) is 0. The first kappa shape index (κ1) is 11.5. The van der Waals surface area contributed by atoms with Crippen molar-refractivity contribution in [1.82, 2.24) is 10.2 Å². The van der Waals surface area contributed by atoms with Crippen LogP contribution in [0.1, 0.15) is 23.4 Å². The number of nitrogens with one attached hydrogen (secondary N) is 1. The van der Waals surface area contributed by atoms with Gasteiger partial charge in [0.15, 0.2) is 5.76 Å². The summed E-state index contributed by atoms with van der Waals surface area (Å²) in [6.07, 6.45) is 3.62. The van der Waals surface area contributed by atoms with Gasteiger partial charge in [-0.3, -0.25) is 9.59 Å². The number of amides is 1. The lowest BCUT2D eigenvalue weighted by molar-refractivity contribution is -0.119. The first-order valence-electron chi connectivity index (χ1n) is 6.35. The van der Waals surface area contributed by atoms with E-state index < -0.39 is 11.7 Å². The number of fused-ring (bicyclic) bond motifs is 3. The Hall–Kier alpha value is -1.62. The maximum absolute atomic E-state index is 11.8. The molecule has 5 nitrogen and oxygen atoms in total. The van der Waals surface area contributed by atoms with Crippen molar-refractivity contribution in [1.29, 1.82) is 0 Å². The Morgan fingerprint density at radius 2 is 2.11 bits per heavy atom.